The second-order valence-electron chi connectivity index (χ2n) is 4.02. The molecule has 0 aliphatic carbocycles. The molecule has 1 aromatic carbocycles. The lowest BCUT2D eigenvalue weighted by molar-refractivity contribution is 0.440. The van der Waals surface area contributed by atoms with Gasteiger partial charge < -0.3 is 15.0 Å². The van der Waals surface area contributed by atoms with Crippen molar-refractivity contribution >= 4 is 5.69 Å². The lowest BCUT2D eigenvalue weighted by atomic mass is 10.3. The van der Waals surface area contributed by atoms with Crippen LogP contribution in [0, 0.1) is 5.82 Å². The van der Waals surface area contributed by atoms with E-state index in [1.807, 2.05) is 6.92 Å². The summed E-state index contributed by atoms with van der Waals surface area (Å²) in [7, 11) is 0. The van der Waals surface area contributed by atoms with Crippen molar-refractivity contribution in [1.82, 2.24) is 9.55 Å². The first-order valence-electron chi connectivity index (χ1n) is 5.90. The monoisotopic (exact) mass is 263 g/mol. The van der Waals surface area contributed by atoms with E-state index in [2.05, 4.69) is 4.98 Å². The van der Waals surface area contributed by atoms with Crippen LogP contribution < -0.4 is 16.0 Å². The summed E-state index contributed by atoms with van der Waals surface area (Å²) in [6.07, 6.45) is 3.88. The number of aromatic nitrogens is 2. The van der Waals surface area contributed by atoms with E-state index in [1.165, 1.54) is 22.9 Å². The molecule has 0 fully saturated rings. The van der Waals surface area contributed by atoms with E-state index in [9.17, 15) is 9.18 Å². The van der Waals surface area contributed by atoms with E-state index in [-0.39, 0.29) is 22.9 Å². The number of hydrogen-bond donors (Lipinski definition) is 1. The zero-order chi connectivity index (χ0) is 13.8. The van der Waals surface area contributed by atoms with Crippen LogP contribution in [0.5, 0.6) is 11.6 Å². The van der Waals surface area contributed by atoms with Crippen LogP contribution >= 0.6 is 0 Å². The Labute approximate surface area is 109 Å². The van der Waals surface area contributed by atoms with E-state index >= 15 is 0 Å². The highest BCUT2D eigenvalue weighted by Gasteiger charge is 2.08. The van der Waals surface area contributed by atoms with Gasteiger partial charge in [0, 0.05) is 25.0 Å². The molecule has 0 saturated heterocycles. The van der Waals surface area contributed by atoms with Gasteiger partial charge >= 0.3 is 5.56 Å². The molecule has 2 aromatic rings. The molecule has 2 N–H and O–H groups in total. The summed E-state index contributed by atoms with van der Waals surface area (Å²) in [5, 5.41) is 0. The van der Waals surface area contributed by atoms with Crippen molar-refractivity contribution in [3.63, 3.8) is 0 Å². The maximum atomic E-state index is 13.3. The largest absolute Gasteiger partial charge is 0.435 e. The first-order valence-corrected chi connectivity index (χ1v) is 5.90. The smallest absolute Gasteiger partial charge is 0.313 e. The zero-order valence-electron chi connectivity index (χ0n) is 10.5. The van der Waals surface area contributed by atoms with Crippen LogP contribution in [0.25, 0.3) is 0 Å². The molecule has 5 nitrogen and oxygen atoms in total. The van der Waals surface area contributed by atoms with Gasteiger partial charge in [-0.05, 0) is 18.6 Å². The molecule has 0 spiro atoms. The molecule has 0 aliphatic rings. The molecule has 0 aliphatic heterocycles. The van der Waals surface area contributed by atoms with Gasteiger partial charge in [0.2, 0.25) is 0 Å². The van der Waals surface area contributed by atoms with Gasteiger partial charge in [0.05, 0.1) is 5.69 Å². The molecular weight excluding hydrogens is 249 g/mol. The Bertz CT molecular complexity index is 640. The number of nitrogen functional groups attached to an aromatic ring is 1. The van der Waals surface area contributed by atoms with Gasteiger partial charge in [-0.25, -0.2) is 9.37 Å². The van der Waals surface area contributed by atoms with Crippen LogP contribution in [0.2, 0.25) is 0 Å². The molecule has 0 atom stereocenters. The van der Waals surface area contributed by atoms with E-state index in [4.69, 9.17) is 10.5 Å². The van der Waals surface area contributed by atoms with E-state index < -0.39 is 5.82 Å². The maximum Gasteiger partial charge on any atom is 0.313 e. The van der Waals surface area contributed by atoms with E-state index in [0.29, 0.717) is 6.54 Å². The number of anilines is 1. The number of aryl methyl sites for hydroxylation is 1. The molecule has 0 unspecified atom stereocenters. The average molecular weight is 263 g/mol. The lowest BCUT2D eigenvalue weighted by Gasteiger charge is -2.07. The topological polar surface area (TPSA) is 70.1 Å². The lowest BCUT2D eigenvalue weighted by Crippen LogP contribution is -2.21. The van der Waals surface area contributed by atoms with Gasteiger partial charge in [0.15, 0.2) is 0 Å². The van der Waals surface area contributed by atoms with Gasteiger partial charge in [-0.1, -0.05) is 6.92 Å². The first kappa shape index (κ1) is 13.1. The molecule has 0 radical (unpaired) electrons. The number of benzene rings is 1. The van der Waals surface area contributed by atoms with Gasteiger partial charge in [-0.2, -0.15) is 0 Å². The quantitative estimate of drug-likeness (QED) is 0.858. The molecule has 0 bridgehead atoms. The van der Waals surface area contributed by atoms with Crippen LogP contribution in [0.4, 0.5) is 10.1 Å². The number of rotatable bonds is 4. The van der Waals surface area contributed by atoms with Crippen molar-refractivity contribution in [1.29, 1.82) is 0 Å². The highest BCUT2D eigenvalue weighted by Crippen LogP contribution is 2.21. The van der Waals surface area contributed by atoms with Gasteiger partial charge in [-0.15, -0.1) is 0 Å². The third kappa shape index (κ3) is 2.90. The number of hydrogen-bond acceptors (Lipinski definition) is 4. The normalized spacial score (nSPS) is 10.4. The fourth-order valence-electron chi connectivity index (χ4n) is 1.60. The molecule has 0 amide bonds. The van der Waals surface area contributed by atoms with Gasteiger partial charge in [0.1, 0.15) is 11.6 Å². The minimum Gasteiger partial charge on any atom is -0.435 e. The molecular formula is C13H14FN3O2. The Balaban J connectivity index is 2.30. The molecule has 6 heteroatoms. The molecule has 100 valence electrons. The average Bonchev–Trinajstić information content (AvgIpc) is 2.39. The van der Waals surface area contributed by atoms with Crippen molar-refractivity contribution in [2.45, 2.75) is 19.9 Å². The minimum absolute atomic E-state index is 0.0248. The van der Waals surface area contributed by atoms with Crippen molar-refractivity contribution in [2.75, 3.05) is 5.73 Å². The van der Waals surface area contributed by atoms with Crippen LogP contribution in [0.1, 0.15) is 13.3 Å². The highest BCUT2D eigenvalue weighted by molar-refractivity contribution is 5.44. The van der Waals surface area contributed by atoms with Crippen LogP contribution in [0.3, 0.4) is 0 Å². The number of nitrogens with zero attached hydrogens (tertiary/aromatic N) is 2. The second kappa shape index (κ2) is 5.51. The fourth-order valence-corrected chi connectivity index (χ4v) is 1.60. The zero-order valence-corrected chi connectivity index (χ0v) is 10.5. The highest BCUT2D eigenvalue weighted by atomic mass is 19.1. The number of nitrogens with two attached hydrogens (primary N) is 1. The summed E-state index contributed by atoms with van der Waals surface area (Å²) in [6, 6.07) is 3.97. The van der Waals surface area contributed by atoms with Crippen LogP contribution in [0.15, 0.2) is 35.4 Å². The Morgan fingerprint density at radius 3 is 2.95 bits per heavy atom. The summed E-state index contributed by atoms with van der Waals surface area (Å²) < 4.78 is 20.1. The Kier molecular flexibility index (Phi) is 3.79. The summed E-state index contributed by atoms with van der Waals surface area (Å²) in [5.41, 5.74) is 5.04. The second-order valence-corrected chi connectivity index (χ2v) is 4.02. The molecule has 2 rings (SSSR count). The third-order valence-corrected chi connectivity index (χ3v) is 2.53. The van der Waals surface area contributed by atoms with E-state index in [1.54, 1.807) is 6.20 Å². The van der Waals surface area contributed by atoms with Crippen molar-refractivity contribution in [2.24, 2.45) is 0 Å². The summed E-state index contributed by atoms with van der Waals surface area (Å²) >= 11 is 0. The first-order chi connectivity index (χ1) is 9.11. The Morgan fingerprint density at radius 1 is 1.47 bits per heavy atom. The van der Waals surface area contributed by atoms with Crippen LogP contribution in [-0.2, 0) is 6.54 Å². The van der Waals surface area contributed by atoms with Gasteiger partial charge in [-0.3, -0.25) is 4.79 Å². The standard InChI is InChI=1S/C13H14FN3O2/c1-2-6-17-7-5-16-12(13(17)18)19-9-3-4-11(15)10(14)8-9/h3-5,7-8H,2,6,15H2,1H3. The molecule has 1 heterocycles. The number of halogens is 1. The maximum absolute atomic E-state index is 13.3. The Morgan fingerprint density at radius 2 is 2.26 bits per heavy atom. The SMILES string of the molecule is CCCn1ccnc(Oc2ccc(N)c(F)c2)c1=O. The molecule has 1 aromatic heterocycles. The van der Waals surface area contributed by atoms with E-state index in [0.717, 1.165) is 12.5 Å². The predicted molar refractivity (Wildman–Crippen MR) is 69.7 cm³/mol. The fraction of sp³-hybridized carbons (Fsp3) is 0.231. The van der Waals surface area contributed by atoms with Gasteiger partial charge in [0.25, 0.3) is 5.88 Å². The summed E-state index contributed by atoms with van der Waals surface area (Å²) in [4.78, 5) is 15.8. The summed E-state index contributed by atoms with van der Waals surface area (Å²) in [5.74, 6) is -0.493. The van der Waals surface area contributed by atoms with Crippen molar-refractivity contribution in [3.8, 4) is 11.6 Å². The predicted octanol–water partition coefficient (Wildman–Crippen LogP) is 2.17. The third-order valence-electron chi connectivity index (χ3n) is 2.53. The van der Waals surface area contributed by atoms with Crippen molar-refractivity contribution < 1.29 is 9.13 Å². The molecule has 19 heavy (non-hydrogen) atoms. The minimum atomic E-state index is -0.595. The molecule has 0 saturated carbocycles. The summed E-state index contributed by atoms with van der Waals surface area (Å²) in [6.45, 7) is 2.54. The van der Waals surface area contributed by atoms with Crippen molar-refractivity contribution in [3.05, 3.63) is 46.8 Å². The Hall–Kier alpha value is -2.37. The number of ether oxygens (including phenoxy) is 1. The van der Waals surface area contributed by atoms with Crippen LogP contribution in [-0.4, -0.2) is 9.55 Å².